The van der Waals surface area contributed by atoms with E-state index in [9.17, 15) is 41.0 Å². The highest BCUT2D eigenvalue weighted by atomic mass is 79.9. The maximum absolute atomic E-state index is 14.5. The molecule has 6 nitrogen and oxygen atoms in total. The van der Waals surface area contributed by atoms with Crippen LogP contribution in [0.5, 0.6) is 11.5 Å². The summed E-state index contributed by atoms with van der Waals surface area (Å²) in [7, 11) is 1.48. The van der Waals surface area contributed by atoms with E-state index in [1.165, 1.54) is 40.8 Å². The summed E-state index contributed by atoms with van der Waals surface area (Å²) < 4.78 is 92.3. The van der Waals surface area contributed by atoms with Crippen LogP contribution in [-0.2, 0) is 0 Å². The van der Waals surface area contributed by atoms with E-state index in [0.29, 0.717) is 47.0 Å². The van der Waals surface area contributed by atoms with Crippen LogP contribution in [-0.4, -0.2) is 21.4 Å². The zero-order valence-corrected chi connectivity index (χ0v) is 32.0. The number of hydrogen-bond donors (Lipinski definition) is 1. The first-order valence-corrected chi connectivity index (χ1v) is 17.2. The van der Waals surface area contributed by atoms with Crippen molar-refractivity contribution in [2.75, 3.05) is 7.11 Å². The highest BCUT2D eigenvalue weighted by Gasteiger charge is 2.25. The summed E-state index contributed by atoms with van der Waals surface area (Å²) in [5, 5.41) is 8.92. The number of rotatable bonds is 5. The molecule has 0 aliphatic rings. The van der Waals surface area contributed by atoms with E-state index in [4.69, 9.17) is 27.9 Å². The Kier molecular flexibility index (Phi) is 11.9. The number of aryl methyl sites for hydroxylation is 2. The number of aromatic hydroxyl groups is 1. The van der Waals surface area contributed by atoms with Crippen molar-refractivity contribution in [3.8, 4) is 45.4 Å². The third kappa shape index (κ3) is 7.91. The number of hydrogen-bond acceptors (Lipinski definition) is 4. The average molecular weight is 903 g/mol. The number of aromatic nitrogens is 2. The SMILES string of the molecule is COc1ccc(C)c(-n2cc(Br)c(=O)c(Cl)c2-c2c(F)cc(F)cc2F)c1.Cc1ccc(O)cc1-n1cc(Br)c(=O)c(Cl)c1-c1c(F)cc(F)cc1F. The molecule has 2 heterocycles. The van der Waals surface area contributed by atoms with Gasteiger partial charge < -0.3 is 19.0 Å². The van der Waals surface area contributed by atoms with Crippen molar-refractivity contribution in [2.24, 2.45) is 0 Å². The number of pyridine rings is 2. The fraction of sp³-hybridized carbons (Fsp3) is 0.0811. The Morgan fingerprint density at radius 3 is 1.40 bits per heavy atom. The van der Waals surface area contributed by atoms with E-state index in [1.54, 1.807) is 38.1 Å². The van der Waals surface area contributed by atoms with E-state index < -0.39 is 66.9 Å². The van der Waals surface area contributed by atoms with Gasteiger partial charge in [-0.05, 0) is 69.0 Å². The van der Waals surface area contributed by atoms with Crippen LogP contribution in [0.3, 0.4) is 0 Å². The second kappa shape index (κ2) is 15.8. The van der Waals surface area contributed by atoms with Crippen molar-refractivity contribution in [3.05, 3.63) is 159 Å². The normalized spacial score (nSPS) is 11.0. The molecular formula is C37H22Br2Cl2F6N2O4. The molecule has 16 heteroatoms. The fourth-order valence-corrected chi connectivity index (χ4v) is 6.93. The van der Waals surface area contributed by atoms with Crippen LogP contribution in [0.25, 0.3) is 33.9 Å². The van der Waals surface area contributed by atoms with Crippen molar-refractivity contribution in [3.63, 3.8) is 0 Å². The highest BCUT2D eigenvalue weighted by Crippen LogP contribution is 2.37. The van der Waals surface area contributed by atoms with Gasteiger partial charge in [-0.3, -0.25) is 9.59 Å². The molecule has 0 saturated carbocycles. The minimum atomic E-state index is -1.21. The molecule has 0 bridgehead atoms. The quantitative estimate of drug-likeness (QED) is 0.175. The van der Waals surface area contributed by atoms with Crippen LogP contribution >= 0.6 is 55.1 Å². The van der Waals surface area contributed by atoms with Gasteiger partial charge in [0.25, 0.3) is 0 Å². The Morgan fingerprint density at radius 1 is 0.623 bits per heavy atom. The first-order valence-electron chi connectivity index (χ1n) is 14.9. The molecule has 1 N–H and O–H groups in total. The predicted molar refractivity (Wildman–Crippen MR) is 198 cm³/mol. The molecule has 0 amide bonds. The van der Waals surface area contributed by atoms with E-state index >= 15 is 0 Å². The van der Waals surface area contributed by atoms with E-state index in [1.807, 2.05) is 0 Å². The molecule has 0 radical (unpaired) electrons. The summed E-state index contributed by atoms with van der Waals surface area (Å²) in [5.41, 5.74) is -0.909. The van der Waals surface area contributed by atoms with Gasteiger partial charge in [0.05, 0.1) is 49.9 Å². The van der Waals surface area contributed by atoms with Gasteiger partial charge in [0.2, 0.25) is 10.9 Å². The zero-order valence-electron chi connectivity index (χ0n) is 27.3. The molecule has 2 aromatic heterocycles. The lowest BCUT2D eigenvalue weighted by Crippen LogP contribution is -2.14. The molecule has 6 aromatic rings. The number of halogens is 10. The van der Waals surface area contributed by atoms with Gasteiger partial charge in [0.1, 0.15) is 56.4 Å². The third-order valence-electron chi connectivity index (χ3n) is 7.83. The van der Waals surface area contributed by atoms with Crippen molar-refractivity contribution < 1.29 is 36.2 Å². The fourth-order valence-electron chi connectivity index (χ4n) is 5.32. The Morgan fingerprint density at radius 2 is 1.00 bits per heavy atom. The molecule has 274 valence electrons. The molecule has 0 unspecified atom stereocenters. The van der Waals surface area contributed by atoms with Crippen molar-refractivity contribution in [1.82, 2.24) is 9.13 Å². The Bertz CT molecular complexity index is 2520. The first-order chi connectivity index (χ1) is 24.9. The number of methoxy groups -OCH3 is 1. The Balaban J connectivity index is 0.000000204. The summed E-state index contributed by atoms with van der Waals surface area (Å²) in [4.78, 5) is 24.5. The smallest absolute Gasteiger partial charge is 0.214 e. The molecule has 0 atom stereocenters. The van der Waals surface area contributed by atoms with E-state index in [0.717, 1.165) is 5.56 Å². The van der Waals surface area contributed by atoms with Gasteiger partial charge in [0.15, 0.2) is 0 Å². The monoisotopic (exact) mass is 900 g/mol. The molecule has 6 rings (SSSR count). The Labute approximate surface area is 323 Å². The molecule has 53 heavy (non-hydrogen) atoms. The lowest BCUT2D eigenvalue weighted by atomic mass is 10.1. The average Bonchev–Trinajstić information content (AvgIpc) is 3.08. The largest absolute Gasteiger partial charge is 0.508 e. The van der Waals surface area contributed by atoms with E-state index in [-0.39, 0.29) is 26.1 Å². The lowest BCUT2D eigenvalue weighted by Gasteiger charge is -2.19. The third-order valence-corrected chi connectivity index (χ3v) is 9.66. The molecule has 0 aliphatic carbocycles. The molecule has 0 aliphatic heterocycles. The molecule has 4 aromatic carbocycles. The first kappa shape index (κ1) is 39.7. The van der Waals surface area contributed by atoms with Crippen molar-refractivity contribution in [1.29, 1.82) is 0 Å². The summed E-state index contributed by atoms with van der Waals surface area (Å²) >= 11 is 18.5. The molecular weight excluding hydrogens is 881 g/mol. The highest BCUT2D eigenvalue weighted by molar-refractivity contribution is 9.10. The molecule has 0 fully saturated rings. The number of ether oxygens (including phenoxy) is 1. The van der Waals surface area contributed by atoms with Crippen molar-refractivity contribution >= 4 is 55.1 Å². The number of benzene rings is 4. The molecule has 0 saturated heterocycles. The van der Waals surface area contributed by atoms with E-state index in [2.05, 4.69) is 31.9 Å². The van der Waals surface area contributed by atoms with Crippen LogP contribution in [0.4, 0.5) is 26.3 Å². The van der Waals surface area contributed by atoms with Crippen LogP contribution in [0.1, 0.15) is 11.1 Å². The van der Waals surface area contributed by atoms with Gasteiger partial charge >= 0.3 is 0 Å². The zero-order chi connectivity index (χ0) is 39.0. The minimum Gasteiger partial charge on any atom is -0.508 e. The summed E-state index contributed by atoms with van der Waals surface area (Å²) in [6, 6.07) is 11.5. The van der Waals surface area contributed by atoms with Gasteiger partial charge in [-0.2, -0.15) is 0 Å². The maximum Gasteiger partial charge on any atom is 0.214 e. The second-order valence-corrected chi connectivity index (χ2v) is 13.8. The summed E-state index contributed by atoms with van der Waals surface area (Å²) in [6.45, 7) is 3.48. The van der Waals surface area contributed by atoms with Crippen LogP contribution in [0, 0.1) is 48.8 Å². The van der Waals surface area contributed by atoms with Gasteiger partial charge in [-0.15, -0.1) is 0 Å². The maximum atomic E-state index is 14.5. The van der Waals surface area contributed by atoms with Crippen LogP contribution < -0.4 is 15.6 Å². The van der Waals surface area contributed by atoms with Crippen LogP contribution in [0.15, 0.2) is 91.6 Å². The second-order valence-electron chi connectivity index (χ2n) is 11.3. The number of nitrogens with zero attached hydrogens (tertiary/aromatic N) is 2. The van der Waals surface area contributed by atoms with Crippen molar-refractivity contribution in [2.45, 2.75) is 13.8 Å². The standard InChI is InChI=1S/C19H12BrClF3NO2.C18H10BrClF3NO2/c1-9-3-4-11(27-2)7-15(9)25-8-12(20)19(26)17(21)18(25)16-13(23)5-10(22)6-14(16)24;1-8-2-3-10(25)6-14(8)24-7-11(19)18(26)16(20)17(24)15-12(22)4-9(21)5-13(15)23/h3-8H,1-2H3;2-7,25H,1H3. The van der Waals surface area contributed by atoms with Crippen LogP contribution in [0.2, 0.25) is 10.0 Å². The Hall–Kier alpha value is -4.50. The predicted octanol–water partition coefficient (Wildman–Crippen LogP) is 11.0. The molecule has 0 spiro atoms. The topological polar surface area (TPSA) is 73.5 Å². The number of phenolic OH excluding ortho intramolecular Hbond substituents is 1. The number of phenols is 1. The lowest BCUT2D eigenvalue weighted by molar-refractivity contribution is 0.414. The minimum absolute atomic E-state index is 0.0527. The van der Waals surface area contributed by atoms with Gasteiger partial charge in [-0.25, -0.2) is 26.3 Å². The summed E-state index contributed by atoms with van der Waals surface area (Å²) in [6.07, 6.45) is 2.64. The van der Waals surface area contributed by atoms with Gasteiger partial charge in [-0.1, -0.05) is 35.3 Å². The summed E-state index contributed by atoms with van der Waals surface area (Å²) in [5.74, 6) is -6.55. The van der Waals surface area contributed by atoms with Gasteiger partial charge in [0, 0.05) is 48.8 Å².